The smallest absolute Gasteiger partial charge is 0.301 e. The Labute approximate surface area is 187 Å². The van der Waals surface area contributed by atoms with Crippen LogP contribution in [0.15, 0.2) is 30.3 Å². The first kappa shape index (κ1) is 22.8. The highest BCUT2D eigenvalue weighted by Gasteiger charge is 2.34. The lowest BCUT2D eigenvalue weighted by Crippen LogP contribution is -2.47. The topological polar surface area (TPSA) is 115 Å². The van der Waals surface area contributed by atoms with Gasteiger partial charge in [0.25, 0.3) is 5.69 Å². The average Bonchev–Trinajstić information content (AvgIpc) is 3.02. The number of aryl methyl sites for hydroxylation is 1. The van der Waals surface area contributed by atoms with Crippen LogP contribution in [0, 0.1) is 28.7 Å². The van der Waals surface area contributed by atoms with Crippen LogP contribution in [0.25, 0.3) is 10.9 Å². The van der Waals surface area contributed by atoms with Gasteiger partial charge in [-0.25, -0.2) is 8.78 Å². The quantitative estimate of drug-likeness (QED) is 0.343. The molecule has 0 saturated carbocycles. The van der Waals surface area contributed by atoms with Gasteiger partial charge in [0.1, 0.15) is 17.3 Å². The number of benzene rings is 2. The molecule has 1 aliphatic rings. The van der Waals surface area contributed by atoms with Gasteiger partial charge in [0.05, 0.1) is 22.7 Å². The van der Waals surface area contributed by atoms with E-state index in [9.17, 15) is 32.1 Å². The van der Waals surface area contributed by atoms with Crippen molar-refractivity contribution < 1.29 is 26.9 Å². The Kier molecular flexibility index (Phi) is 5.66. The van der Waals surface area contributed by atoms with Crippen molar-refractivity contribution in [3.63, 3.8) is 0 Å². The minimum Gasteiger partial charge on any atom is -0.332 e. The third-order valence-corrected chi connectivity index (χ3v) is 7.10. The normalized spacial score (nSPS) is 15.7. The molecule has 4 rings (SSSR count). The molecule has 0 unspecified atom stereocenters. The molecule has 1 N–H and O–H groups in total. The van der Waals surface area contributed by atoms with Crippen LogP contribution in [0.1, 0.15) is 35.0 Å². The third kappa shape index (κ3) is 3.95. The maximum Gasteiger partial charge on any atom is 0.301 e. The largest absolute Gasteiger partial charge is 0.332 e. The number of carbonyl (C=O) groups is 1. The van der Waals surface area contributed by atoms with E-state index >= 15 is 0 Å². The first-order valence-electron chi connectivity index (χ1n) is 10.0. The molecule has 1 aromatic heterocycles. The average molecular weight is 478 g/mol. The van der Waals surface area contributed by atoms with Crippen LogP contribution in [0.2, 0.25) is 0 Å². The summed E-state index contributed by atoms with van der Waals surface area (Å²) in [6.45, 7) is 2.72. The predicted octanol–water partition coefficient (Wildman–Crippen LogP) is 3.43. The molecule has 1 saturated heterocycles. The van der Waals surface area contributed by atoms with E-state index in [1.807, 2.05) is 0 Å². The molecule has 2 aromatic carbocycles. The fraction of sp³-hybridized carbons (Fsp3) is 0.286. The molecule has 9 nitrogen and oxygen atoms in total. The van der Waals surface area contributed by atoms with E-state index in [4.69, 9.17) is 0 Å². The number of ketones is 1. The second kappa shape index (κ2) is 8.19. The molecule has 12 heteroatoms. The van der Waals surface area contributed by atoms with Crippen LogP contribution in [0.3, 0.4) is 0 Å². The van der Waals surface area contributed by atoms with Crippen molar-refractivity contribution in [1.82, 2.24) is 9.29 Å². The first-order valence-corrected chi connectivity index (χ1v) is 11.5. The number of hydrogen-bond acceptors (Lipinski definition) is 5. The van der Waals surface area contributed by atoms with Crippen molar-refractivity contribution in [2.75, 3.05) is 17.4 Å². The molecular formula is C21H20F2N4O5S. The van der Waals surface area contributed by atoms with E-state index < -0.39 is 32.6 Å². The number of non-ortho nitro benzene ring substituents is 1. The second-order valence-corrected chi connectivity index (χ2v) is 9.50. The number of Topliss-reactive ketones (excluding diaryl/α,β-unsaturated/α-hetero) is 1. The van der Waals surface area contributed by atoms with Gasteiger partial charge in [-0.1, -0.05) is 0 Å². The zero-order valence-corrected chi connectivity index (χ0v) is 18.6. The summed E-state index contributed by atoms with van der Waals surface area (Å²) in [6.07, 6.45) is 0.475. The molecule has 1 fully saturated rings. The Hall–Kier alpha value is -3.38. The summed E-state index contributed by atoms with van der Waals surface area (Å²) in [6, 6.07) is 5.58. The minimum atomic E-state index is -3.97. The summed E-state index contributed by atoms with van der Waals surface area (Å²) < 4.78 is 59.5. The summed E-state index contributed by atoms with van der Waals surface area (Å²) in [7, 11) is -3.97. The number of nitrogens with zero attached hydrogens (tertiary/aromatic N) is 3. The third-order valence-electron chi connectivity index (χ3n) is 5.58. The Balaban J connectivity index is 2.04. The molecule has 0 spiro atoms. The van der Waals surface area contributed by atoms with Crippen molar-refractivity contribution in [1.29, 1.82) is 0 Å². The van der Waals surface area contributed by atoms with Crippen LogP contribution in [-0.2, 0) is 16.8 Å². The van der Waals surface area contributed by atoms with E-state index in [0.29, 0.717) is 11.8 Å². The number of rotatable bonds is 5. The minimum absolute atomic E-state index is 0.0619. The number of halogens is 2. The highest BCUT2D eigenvalue weighted by molar-refractivity contribution is 7.91. The van der Waals surface area contributed by atoms with Crippen LogP contribution < -0.4 is 9.03 Å². The molecule has 1 aliphatic heterocycles. The van der Waals surface area contributed by atoms with Gasteiger partial charge in [-0.2, -0.15) is 13.1 Å². The molecule has 0 amide bonds. The highest BCUT2D eigenvalue weighted by atomic mass is 32.2. The van der Waals surface area contributed by atoms with E-state index in [-0.39, 0.29) is 53.3 Å². The number of nitro groups is 1. The summed E-state index contributed by atoms with van der Waals surface area (Å²) in [4.78, 5) is 23.3. The lowest BCUT2D eigenvalue weighted by molar-refractivity contribution is -0.385. The van der Waals surface area contributed by atoms with Crippen LogP contribution in [-0.4, -0.2) is 36.8 Å². The molecular weight excluding hydrogens is 458 g/mol. The zero-order chi connectivity index (χ0) is 24.1. The lowest BCUT2D eigenvalue weighted by atomic mass is 10.1. The molecule has 0 bridgehead atoms. The molecule has 33 heavy (non-hydrogen) atoms. The number of anilines is 1. The lowest BCUT2D eigenvalue weighted by Gasteiger charge is -2.29. The highest BCUT2D eigenvalue weighted by Crippen LogP contribution is 2.38. The van der Waals surface area contributed by atoms with E-state index in [2.05, 4.69) is 4.72 Å². The van der Waals surface area contributed by atoms with Gasteiger partial charge in [0.15, 0.2) is 5.78 Å². The number of nitrogens with one attached hydrogen (secondary N) is 1. The fourth-order valence-corrected chi connectivity index (χ4v) is 5.41. The Bertz CT molecular complexity index is 1420. The van der Waals surface area contributed by atoms with Crippen molar-refractivity contribution in [3.8, 4) is 0 Å². The van der Waals surface area contributed by atoms with Gasteiger partial charge in [-0.05, 0) is 37.1 Å². The maximum absolute atomic E-state index is 14.6. The molecule has 0 atom stereocenters. The fourth-order valence-electron chi connectivity index (χ4n) is 4.05. The summed E-state index contributed by atoms with van der Waals surface area (Å²) >= 11 is 0. The van der Waals surface area contributed by atoms with E-state index in [0.717, 1.165) is 28.6 Å². The van der Waals surface area contributed by atoms with Gasteiger partial charge < -0.3 is 4.57 Å². The number of aromatic nitrogens is 1. The second-order valence-electron chi connectivity index (χ2n) is 7.82. The number of fused-ring (bicyclic) bond motifs is 1. The zero-order valence-electron chi connectivity index (χ0n) is 17.8. The SMILES string of the molecule is CC(=O)c1c(N2CCCNS2(=O)=O)c2cc(C)c(F)cc2n1Cc1cc([N+](=O)[O-])ccc1F. The molecule has 3 aromatic rings. The molecule has 2 heterocycles. The van der Waals surface area contributed by atoms with Crippen LogP contribution in [0.4, 0.5) is 20.2 Å². The van der Waals surface area contributed by atoms with Gasteiger partial charge in [-0.15, -0.1) is 0 Å². The van der Waals surface area contributed by atoms with Crippen molar-refractivity contribution >= 4 is 38.3 Å². The summed E-state index contributed by atoms with van der Waals surface area (Å²) in [5, 5.41) is 11.5. The summed E-state index contributed by atoms with van der Waals surface area (Å²) in [5.74, 6) is -1.87. The standard InChI is InChI=1S/C21H20F2N4O5S/c1-12-8-16-19(10-18(12)23)25(11-14-9-15(27(29)30)4-5-17(14)22)20(13(2)28)21(16)26-7-3-6-24-33(26,31)32/h4-5,8-10,24H,3,6-7,11H2,1-2H3. The number of carbonyl (C=O) groups excluding carboxylic acids is 1. The van der Waals surface area contributed by atoms with Crippen LogP contribution in [0.5, 0.6) is 0 Å². The van der Waals surface area contributed by atoms with Crippen molar-refractivity contribution in [2.45, 2.75) is 26.8 Å². The monoisotopic (exact) mass is 478 g/mol. The van der Waals surface area contributed by atoms with Crippen molar-refractivity contribution in [3.05, 3.63) is 68.9 Å². The summed E-state index contributed by atoms with van der Waals surface area (Å²) in [5.41, 5.74) is -0.0373. The van der Waals surface area contributed by atoms with Crippen molar-refractivity contribution in [2.24, 2.45) is 0 Å². The number of hydrogen-bond donors (Lipinski definition) is 1. The van der Waals surface area contributed by atoms with E-state index in [1.54, 1.807) is 0 Å². The molecule has 0 radical (unpaired) electrons. The predicted molar refractivity (Wildman–Crippen MR) is 118 cm³/mol. The Morgan fingerprint density at radius 2 is 1.94 bits per heavy atom. The van der Waals surface area contributed by atoms with Gasteiger partial charge >= 0.3 is 10.2 Å². The molecule has 0 aliphatic carbocycles. The van der Waals surface area contributed by atoms with Gasteiger partial charge in [0, 0.05) is 43.1 Å². The Morgan fingerprint density at radius 1 is 1.21 bits per heavy atom. The van der Waals surface area contributed by atoms with Crippen LogP contribution >= 0.6 is 0 Å². The Morgan fingerprint density at radius 3 is 2.58 bits per heavy atom. The maximum atomic E-state index is 14.6. The molecule has 174 valence electrons. The van der Waals surface area contributed by atoms with Gasteiger partial charge in [-0.3, -0.25) is 19.2 Å². The van der Waals surface area contributed by atoms with E-state index in [1.165, 1.54) is 24.5 Å². The first-order chi connectivity index (χ1) is 15.5. The van der Waals surface area contributed by atoms with Gasteiger partial charge in [0.2, 0.25) is 0 Å². The number of nitro benzene ring substituents is 1.